The molecule has 2 saturated heterocycles. The van der Waals surface area contributed by atoms with Crippen LogP contribution < -0.4 is 0 Å². The van der Waals surface area contributed by atoms with Crippen molar-refractivity contribution in [2.75, 3.05) is 19.8 Å². The van der Waals surface area contributed by atoms with E-state index >= 15 is 0 Å². The fourth-order valence-electron chi connectivity index (χ4n) is 2.81. The minimum Gasteiger partial charge on any atom is -0.378 e. The van der Waals surface area contributed by atoms with E-state index in [-0.39, 0.29) is 17.4 Å². The van der Waals surface area contributed by atoms with Crippen molar-refractivity contribution in [1.82, 2.24) is 0 Å². The van der Waals surface area contributed by atoms with E-state index < -0.39 is 0 Å². The molecule has 1 spiro atoms. The molecule has 0 aromatic heterocycles. The van der Waals surface area contributed by atoms with Gasteiger partial charge in [-0.05, 0) is 12.8 Å². The summed E-state index contributed by atoms with van der Waals surface area (Å²) in [5, 5.41) is 0. The molecule has 2 heterocycles. The third-order valence-corrected chi connectivity index (χ3v) is 3.49. The first-order valence-corrected chi connectivity index (χ1v) is 4.60. The molecule has 0 amide bonds. The molecule has 0 N–H and O–H groups in total. The van der Waals surface area contributed by atoms with Gasteiger partial charge < -0.3 is 9.47 Å². The van der Waals surface area contributed by atoms with Gasteiger partial charge in [0.2, 0.25) is 0 Å². The summed E-state index contributed by atoms with van der Waals surface area (Å²) in [4.78, 5) is 11.5. The second kappa shape index (κ2) is 2.09. The molecule has 0 aromatic rings. The van der Waals surface area contributed by atoms with E-state index in [9.17, 15) is 4.79 Å². The van der Waals surface area contributed by atoms with Crippen LogP contribution in [0.3, 0.4) is 0 Å². The Labute approximate surface area is 71.0 Å². The molecule has 3 rings (SSSR count). The summed E-state index contributed by atoms with van der Waals surface area (Å²) in [6, 6.07) is 0. The minimum absolute atomic E-state index is 0.0720. The van der Waals surface area contributed by atoms with Gasteiger partial charge in [0.1, 0.15) is 11.4 Å². The van der Waals surface area contributed by atoms with E-state index in [0.717, 1.165) is 19.4 Å². The highest BCUT2D eigenvalue weighted by Gasteiger charge is 2.66. The van der Waals surface area contributed by atoms with Crippen molar-refractivity contribution in [3.63, 3.8) is 0 Å². The van der Waals surface area contributed by atoms with Gasteiger partial charge in [-0.3, -0.25) is 4.79 Å². The van der Waals surface area contributed by atoms with Crippen molar-refractivity contribution in [1.29, 1.82) is 0 Å². The number of hydrogen-bond acceptors (Lipinski definition) is 3. The lowest BCUT2D eigenvalue weighted by molar-refractivity contribution is -0.197. The van der Waals surface area contributed by atoms with Gasteiger partial charge in [0.25, 0.3) is 0 Å². The fraction of sp³-hybridized carbons (Fsp3) is 0.889. The SMILES string of the molecule is O=C1C2CCCOC23COCC13. The molecule has 3 aliphatic rings. The predicted molar refractivity (Wildman–Crippen MR) is 40.7 cm³/mol. The van der Waals surface area contributed by atoms with Gasteiger partial charge in [-0.25, -0.2) is 0 Å². The highest BCUT2D eigenvalue weighted by Crippen LogP contribution is 2.52. The average molecular weight is 168 g/mol. The third-order valence-electron chi connectivity index (χ3n) is 3.49. The van der Waals surface area contributed by atoms with Crippen molar-refractivity contribution >= 4 is 5.78 Å². The van der Waals surface area contributed by atoms with E-state index in [2.05, 4.69) is 0 Å². The molecule has 3 atom stereocenters. The zero-order valence-electron chi connectivity index (χ0n) is 6.91. The maximum atomic E-state index is 11.5. The van der Waals surface area contributed by atoms with E-state index in [1.807, 2.05) is 0 Å². The molecular weight excluding hydrogens is 156 g/mol. The summed E-state index contributed by atoms with van der Waals surface area (Å²) < 4.78 is 11.0. The highest BCUT2D eigenvalue weighted by molar-refractivity contribution is 5.93. The van der Waals surface area contributed by atoms with Crippen LogP contribution in [-0.2, 0) is 14.3 Å². The van der Waals surface area contributed by atoms with Crippen LogP contribution in [0.2, 0.25) is 0 Å². The van der Waals surface area contributed by atoms with Gasteiger partial charge in [0.15, 0.2) is 0 Å². The third kappa shape index (κ3) is 0.591. The van der Waals surface area contributed by atoms with Crippen molar-refractivity contribution in [3.8, 4) is 0 Å². The molecule has 12 heavy (non-hydrogen) atoms. The van der Waals surface area contributed by atoms with E-state index in [4.69, 9.17) is 9.47 Å². The van der Waals surface area contributed by atoms with Gasteiger partial charge in [-0.1, -0.05) is 0 Å². The molecule has 0 radical (unpaired) electrons. The molecule has 1 saturated carbocycles. The number of hydrogen-bond donors (Lipinski definition) is 0. The Morgan fingerprint density at radius 3 is 3.25 bits per heavy atom. The van der Waals surface area contributed by atoms with E-state index in [0.29, 0.717) is 19.0 Å². The smallest absolute Gasteiger partial charge is 0.147 e. The molecular formula is C9H12O3. The molecule has 2 aliphatic heterocycles. The Hall–Kier alpha value is -0.410. The van der Waals surface area contributed by atoms with Gasteiger partial charge in [-0.15, -0.1) is 0 Å². The predicted octanol–water partition coefficient (Wildman–Crippen LogP) is 0.381. The minimum atomic E-state index is -0.171. The van der Waals surface area contributed by atoms with Crippen LogP contribution in [0, 0.1) is 11.8 Å². The van der Waals surface area contributed by atoms with Gasteiger partial charge in [0.05, 0.1) is 25.0 Å². The molecule has 3 unspecified atom stereocenters. The lowest BCUT2D eigenvalue weighted by atomic mass is 9.59. The lowest BCUT2D eigenvalue weighted by Gasteiger charge is -2.51. The number of ketones is 1. The lowest BCUT2D eigenvalue weighted by Crippen LogP contribution is -2.66. The van der Waals surface area contributed by atoms with Crippen LogP contribution in [0.5, 0.6) is 0 Å². The molecule has 1 aliphatic carbocycles. The second-order valence-electron chi connectivity index (χ2n) is 3.97. The van der Waals surface area contributed by atoms with Crippen LogP contribution in [0.25, 0.3) is 0 Å². The zero-order valence-corrected chi connectivity index (χ0v) is 6.91. The normalized spacial score (nSPS) is 51.2. The summed E-state index contributed by atoms with van der Waals surface area (Å²) in [7, 11) is 0. The summed E-state index contributed by atoms with van der Waals surface area (Å²) in [5.41, 5.74) is -0.171. The second-order valence-corrected chi connectivity index (χ2v) is 3.97. The van der Waals surface area contributed by atoms with E-state index in [1.165, 1.54) is 0 Å². The molecule has 3 heteroatoms. The quantitative estimate of drug-likeness (QED) is 0.524. The molecule has 3 nitrogen and oxygen atoms in total. The Bertz CT molecular complexity index is 238. The van der Waals surface area contributed by atoms with E-state index in [1.54, 1.807) is 0 Å². The Kier molecular flexibility index (Phi) is 1.23. The number of carbonyl (C=O) groups excluding carboxylic acids is 1. The first-order chi connectivity index (χ1) is 5.84. The van der Waals surface area contributed by atoms with Crippen LogP contribution in [-0.4, -0.2) is 31.2 Å². The molecule has 66 valence electrons. The number of Topliss-reactive ketones (excluding diaryl/α,β-unsaturated/α-hetero) is 1. The number of ether oxygens (including phenoxy) is 2. The number of carbonyl (C=O) groups is 1. The highest BCUT2D eigenvalue weighted by atomic mass is 16.6. The fourth-order valence-corrected chi connectivity index (χ4v) is 2.81. The van der Waals surface area contributed by atoms with Crippen molar-refractivity contribution in [2.45, 2.75) is 18.4 Å². The van der Waals surface area contributed by atoms with Gasteiger partial charge >= 0.3 is 0 Å². The van der Waals surface area contributed by atoms with Crippen molar-refractivity contribution in [3.05, 3.63) is 0 Å². The summed E-state index contributed by atoms with van der Waals surface area (Å²) in [6.45, 7) is 2.05. The summed E-state index contributed by atoms with van der Waals surface area (Å²) >= 11 is 0. The van der Waals surface area contributed by atoms with Gasteiger partial charge in [0, 0.05) is 6.61 Å². The van der Waals surface area contributed by atoms with Crippen LogP contribution >= 0.6 is 0 Å². The molecule has 0 aromatic carbocycles. The maximum Gasteiger partial charge on any atom is 0.147 e. The monoisotopic (exact) mass is 168 g/mol. The Morgan fingerprint density at radius 1 is 1.42 bits per heavy atom. The Balaban J connectivity index is 1.94. The molecule has 0 bridgehead atoms. The first kappa shape index (κ1) is 7.04. The van der Waals surface area contributed by atoms with Crippen LogP contribution in [0.1, 0.15) is 12.8 Å². The standard InChI is InChI=1S/C9H12O3/c10-8-6-2-1-3-12-9(6)5-11-4-7(8)9/h6-7H,1-5H2. The zero-order chi connectivity index (χ0) is 8.18. The first-order valence-electron chi connectivity index (χ1n) is 4.60. The summed E-state index contributed by atoms with van der Waals surface area (Å²) in [5.74, 6) is 0.619. The van der Waals surface area contributed by atoms with Gasteiger partial charge in [-0.2, -0.15) is 0 Å². The average Bonchev–Trinajstić information content (AvgIpc) is 2.43. The topological polar surface area (TPSA) is 35.5 Å². The van der Waals surface area contributed by atoms with Crippen molar-refractivity contribution < 1.29 is 14.3 Å². The summed E-state index contributed by atoms with van der Waals surface area (Å²) in [6.07, 6.45) is 2.05. The molecule has 3 fully saturated rings. The number of rotatable bonds is 0. The largest absolute Gasteiger partial charge is 0.378 e. The van der Waals surface area contributed by atoms with Crippen LogP contribution in [0.4, 0.5) is 0 Å². The maximum absolute atomic E-state index is 11.5. The van der Waals surface area contributed by atoms with Crippen LogP contribution in [0.15, 0.2) is 0 Å². The van der Waals surface area contributed by atoms with Crippen molar-refractivity contribution in [2.24, 2.45) is 11.8 Å². The Morgan fingerprint density at radius 2 is 2.33 bits per heavy atom.